The summed E-state index contributed by atoms with van der Waals surface area (Å²) in [5.74, 6) is -0.106. The molecule has 0 amide bonds. The third kappa shape index (κ3) is 4.18. The van der Waals surface area contributed by atoms with Crippen molar-refractivity contribution in [3.05, 3.63) is 77.1 Å². The molecule has 0 atom stereocenters. The smallest absolute Gasteiger partial charge is 0.127 e. The van der Waals surface area contributed by atoms with Crippen molar-refractivity contribution in [1.29, 1.82) is 0 Å². The van der Waals surface area contributed by atoms with Crippen LogP contribution in [0.25, 0.3) is 10.6 Å². The maximum Gasteiger partial charge on any atom is 0.127 e. The van der Waals surface area contributed by atoms with Gasteiger partial charge in [-0.3, -0.25) is 9.80 Å². The van der Waals surface area contributed by atoms with Gasteiger partial charge in [-0.1, -0.05) is 48.5 Å². The molecule has 0 unspecified atom stereocenters. The van der Waals surface area contributed by atoms with Crippen LogP contribution < -0.4 is 0 Å². The van der Waals surface area contributed by atoms with Crippen molar-refractivity contribution in [3.8, 4) is 10.6 Å². The molecule has 4 rings (SSSR count). The number of benzene rings is 2. The Balaban J connectivity index is 1.30. The van der Waals surface area contributed by atoms with Crippen molar-refractivity contribution in [3.63, 3.8) is 0 Å². The highest BCUT2D eigenvalue weighted by atomic mass is 32.1. The highest BCUT2D eigenvalue weighted by Crippen LogP contribution is 2.24. The largest absolute Gasteiger partial charge is 0.296 e. The Kier molecular flexibility index (Phi) is 5.39. The van der Waals surface area contributed by atoms with Crippen molar-refractivity contribution in [2.45, 2.75) is 13.1 Å². The van der Waals surface area contributed by atoms with Gasteiger partial charge in [0.15, 0.2) is 0 Å². The second-order valence-electron chi connectivity index (χ2n) is 6.65. The van der Waals surface area contributed by atoms with Gasteiger partial charge in [0.1, 0.15) is 10.8 Å². The maximum atomic E-state index is 13.8. The molecular formula is C21H22FN3S. The first-order valence-corrected chi connectivity index (χ1v) is 9.84. The summed E-state index contributed by atoms with van der Waals surface area (Å²) < 4.78 is 13.8. The third-order valence-electron chi connectivity index (χ3n) is 4.77. The number of halogens is 1. The number of thiazole rings is 1. The molecule has 0 spiro atoms. The summed E-state index contributed by atoms with van der Waals surface area (Å²) in [6.07, 6.45) is 0. The van der Waals surface area contributed by atoms with Crippen molar-refractivity contribution in [2.75, 3.05) is 26.2 Å². The van der Waals surface area contributed by atoms with Gasteiger partial charge in [-0.05, 0) is 6.07 Å². The number of hydrogen-bond donors (Lipinski definition) is 0. The molecule has 0 saturated carbocycles. The van der Waals surface area contributed by atoms with Crippen molar-refractivity contribution < 1.29 is 4.39 Å². The first-order valence-electron chi connectivity index (χ1n) is 8.96. The van der Waals surface area contributed by atoms with Crippen LogP contribution in [0.1, 0.15) is 11.3 Å². The average molecular weight is 367 g/mol. The summed E-state index contributed by atoms with van der Waals surface area (Å²) in [6, 6.07) is 17.4. The van der Waals surface area contributed by atoms with Crippen molar-refractivity contribution >= 4 is 11.3 Å². The number of aromatic nitrogens is 1. The SMILES string of the molecule is Fc1ccccc1CN1CCN(Cc2csc(-c3ccccc3)n2)CC1. The van der Waals surface area contributed by atoms with E-state index in [1.807, 2.05) is 30.3 Å². The topological polar surface area (TPSA) is 19.4 Å². The van der Waals surface area contributed by atoms with Gasteiger partial charge in [-0.15, -0.1) is 11.3 Å². The summed E-state index contributed by atoms with van der Waals surface area (Å²) in [6.45, 7) is 5.49. The van der Waals surface area contributed by atoms with Crippen LogP contribution in [0.15, 0.2) is 60.0 Å². The lowest BCUT2D eigenvalue weighted by atomic mass is 10.2. The zero-order valence-corrected chi connectivity index (χ0v) is 15.5. The number of hydrogen-bond acceptors (Lipinski definition) is 4. The van der Waals surface area contributed by atoms with E-state index in [1.54, 1.807) is 17.4 Å². The normalized spacial score (nSPS) is 16.0. The standard InChI is InChI=1S/C21H22FN3S/c22-20-9-5-4-8-18(20)14-24-10-12-25(13-11-24)15-19-16-26-21(23-19)17-6-2-1-3-7-17/h1-9,16H,10-15H2. The maximum absolute atomic E-state index is 13.8. The van der Waals surface area contributed by atoms with Crippen LogP contribution in [0.2, 0.25) is 0 Å². The molecule has 0 N–H and O–H groups in total. The molecule has 1 saturated heterocycles. The molecule has 1 aliphatic heterocycles. The lowest BCUT2D eigenvalue weighted by molar-refractivity contribution is 0.120. The quantitative estimate of drug-likeness (QED) is 0.671. The van der Waals surface area contributed by atoms with Gasteiger partial charge in [-0.2, -0.15) is 0 Å². The Morgan fingerprint density at radius 1 is 0.846 bits per heavy atom. The molecule has 0 radical (unpaired) electrons. The molecule has 134 valence electrons. The summed E-state index contributed by atoms with van der Waals surface area (Å²) in [4.78, 5) is 9.54. The van der Waals surface area contributed by atoms with Crippen LogP contribution >= 0.6 is 11.3 Å². The monoisotopic (exact) mass is 367 g/mol. The molecule has 5 heteroatoms. The van der Waals surface area contributed by atoms with Crippen LogP contribution in [0.5, 0.6) is 0 Å². The van der Waals surface area contributed by atoms with Crippen molar-refractivity contribution in [2.24, 2.45) is 0 Å². The number of nitrogens with zero attached hydrogens (tertiary/aromatic N) is 3. The molecule has 2 heterocycles. The summed E-state index contributed by atoms with van der Waals surface area (Å²) in [5.41, 5.74) is 3.10. The molecule has 1 fully saturated rings. The van der Waals surface area contributed by atoms with Gasteiger partial charge in [0, 0.05) is 55.8 Å². The summed E-state index contributed by atoms with van der Waals surface area (Å²) >= 11 is 1.71. The van der Waals surface area contributed by atoms with Gasteiger partial charge in [0.25, 0.3) is 0 Å². The van der Waals surface area contributed by atoms with E-state index < -0.39 is 0 Å². The van der Waals surface area contributed by atoms with Crippen LogP contribution in [-0.2, 0) is 13.1 Å². The minimum atomic E-state index is -0.106. The fraction of sp³-hybridized carbons (Fsp3) is 0.286. The number of rotatable bonds is 5. The molecule has 2 aromatic carbocycles. The van der Waals surface area contributed by atoms with Crippen LogP contribution in [0, 0.1) is 5.82 Å². The highest BCUT2D eigenvalue weighted by molar-refractivity contribution is 7.13. The van der Waals surface area contributed by atoms with E-state index >= 15 is 0 Å². The first kappa shape index (κ1) is 17.3. The molecule has 26 heavy (non-hydrogen) atoms. The Hall–Kier alpha value is -2.08. The first-order chi connectivity index (χ1) is 12.8. The van der Waals surface area contributed by atoms with E-state index in [0.717, 1.165) is 49.0 Å². The van der Waals surface area contributed by atoms with Crippen LogP contribution in [0.3, 0.4) is 0 Å². The Bertz CT molecular complexity index is 841. The molecule has 0 aliphatic carbocycles. The van der Waals surface area contributed by atoms with Gasteiger partial charge in [-0.25, -0.2) is 9.37 Å². The lowest BCUT2D eigenvalue weighted by Gasteiger charge is -2.34. The predicted molar refractivity (Wildman–Crippen MR) is 105 cm³/mol. The molecule has 3 nitrogen and oxygen atoms in total. The van der Waals surface area contributed by atoms with Gasteiger partial charge < -0.3 is 0 Å². The number of piperazine rings is 1. The average Bonchev–Trinajstić information content (AvgIpc) is 3.14. The van der Waals surface area contributed by atoms with E-state index in [9.17, 15) is 4.39 Å². The molecule has 1 aromatic heterocycles. The van der Waals surface area contributed by atoms with Gasteiger partial charge in [0.2, 0.25) is 0 Å². The fourth-order valence-electron chi connectivity index (χ4n) is 3.30. The minimum Gasteiger partial charge on any atom is -0.296 e. The van der Waals surface area contributed by atoms with E-state index in [2.05, 4.69) is 27.3 Å². The Morgan fingerprint density at radius 3 is 2.23 bits per heavy atom. The van der Waals surface area contributed by atoms with E-state index in [4.69, 9.17) is 4.98 Å². The predicted octanol–water partition coefficient (Wildman–Crippen LogP) is 4.27. The summed E-state index contributed by atoms with van der Waals surface area (Å²) in [7, 11) is 0. The fourth-order valence-corrected chi connectivity index (χ4v) is 4.11. The second kappa shape index (κ2) is 8.08. The second-order valence-corrected chi connectivity index (χ2v) is 7.51. The van der Waals surface area contributed by atoms with E-state index in [1.165, 1.54) is 11.6 Å². The molecular weight excluding hydrogens is 345 g/mol. The molecule has 3 aromatic rings. The van der Waals surface area contributed by atoms with Gasteiger partial charge in [0.05, 0.1) is 5.69 Å². The van der Waals surface area contributed by atoms with Crippen molar-refractivity contribution in [1.82, 2.24) is 14.8 Å². The highest BCUT2D eigenvalue weighted by Gasteiger charge is 2.19. The Labute approximate surface area is 157 Å². The van der Waals surface area contributed by atoms with E-state index in [0.29, 0.717) is 6.54 Å². The molecule has 1 aliphatic rings. The lowest BCUT2D eigenvalue weighted by Crippen LogP contribution is -2.45. The van der Waals surface area contributed by atoms with E-state index in [-0.39, 0.29) is 5.82 Å². The zero-order valence-electron chi connectivity index (χ0n) is 14.6. The van der Waals surface area contributed by atoms with Crippen LogP contribution in [0.4, 0.5) is 4.39 Å². The third-order valence-corrected chi connectivity index (χ3v) is 5.71. The van der Waals surface area contributed by atoms with Crippen LogP contribution in [-0.4, -0.2) is 41.0 Å². The van der Waals surface area contributed by atoms with Gasteiger partial charge >= 0.3 is 0 Å². The molecule has 0 bridgehead atoms. The zero-order chi connectivity index (χ0) is 17.8. The summed E-state index contributed by atoms with van der Waals surface area (Å²) in [5, 5.41) is 3.24. The minimum absolute atomic E-state index is 0.106. The Morgan fingerprint density at radius 2 is 1.50 bits per heavy atom.